The van der Waals surface area contributed by atoms with Gasteiger partial charge in [-0.1, -0.05) is 44.4 Å². The van der Waals surface area contributed by atoms with E-state index in [0.717, 1.165) is 24.9 Å². The molecule has 0 spiro atoms. The molecule has 0 bridgehead atoms. The molecule has 0 heterocycles. The number of benzene rings is 1. The molecule has 1 N–H and O–H groups in total. The molecule has 1 nitrogen and oxygen atoms in total. The summed E-state index contributed by atoms with van der Waals surface area (Å²) in [6, 6.07) is 5.38. The summed E-state index contributed by atoms with van der Waals surface area (Å²) in [6.07, 6.45) is 6.93. The van der Waals surface area contributed by atoms with E-state index in [2.05, 4.69) is 19.2 Å². The van der Waals surface area contributed by atoms with Crippen molar-refractivity contribution in [1.82, 2.24) is 5.32 Å². The third kappa shape index (κ3) is 3.73. The highest BCUT2D eigenvalue weighted by molar-refractivity contribution is 6.30. The summed E-state index contributed by atoms with van der Waals surface area (Å²) in [5.74, 6) is -0.178. The molecular formula is C17H25ClFN. The number of halogens is 2. The molecule has 1 aliphatic carbocycles. The Morgan fingerprint density at radius 2 is 2.05 bits per heavy atom. The van der Waals surface area contributed by atoms with Crippen LogP contribution in [0.25, 0.3) is 0 Å². The van der Waals surface area contributed by atoms with Gasteiger partial charge in [-0.25, -0.2) is 4.39 Å². The van der Waals surface area contributed by atoms with Crippen molar-refractivity contribution in [2.75, 3.05) is 6.54 Å². The number of hydrogen-bond donors (Lipinski definition) is 1. The van der Waals surface area contributed by atoms with E-state index in [1.54, 1.807) is 6.07 Å². The minimum absolute atomic E-state index is 0.178. The monoisotopic (exact) mass is 297 g/mol. The van der Waals surface area contributed by atoms with Crippen molar-refractivity contribution < 1.29 is 4.39 Å². The Hall–Kier alpha value is -0.600. The van der Waals surface area contributed by atoms with Gasteiger partial charge in [0.1, 0.15) is 5.82 Å². The Kier molecular flexibility index (Phi) is 5.45. The molecule has 1 aliphatic rings. The summed E-state index contributed by atoms with van der Waals surface area (Å²) in [7, 11) is 0. The Bertz CT molecular complexity index is 441. The third-order valence-corrected chi connectivity index (χ3v) is 4.90. The molecule has 20 heavy (non-hydrogen) atoms. The van der Waals surface area contributed by atoms with Crippen molar-refractivity contribution in [2.45, 2.75) is 58.4 Å². The lowest BCUT2D eigenvalue weighted by atomic mass is 9.77. The lowest BCUT2D eigenvalue weighted by molar-refractivity contribution is 0.218. The molecule has 1 saturated carbocycles. The van der Waals surface area contributed by atoms with Crippen molar-refractivity contribution in [2.24, 2.45) is 5.41 Å². The fourth-order valence-electron chi connectivity index (χ4n) is 3.32. The molecule has 112 valence electrons. The Morgan fingerprint density at radius 3 is 2.65 bits per heavy atom. The van der Waals surface area contributed by atoms with Crippen LogP contribution in [-0.2, 0) is 6.42 Å². The van der Waals surface area contributed by atoms with Gasteiger partial charge in [0.25, 0.3) is 0 Å². The van der Waals surface area contributed by atoms with Crippen molar-refractivity contribution >= 4 is 11.6 Å². The van der Waals surface area contributed by atoms with E-state index in [4.69, 9.17) is 11.6 Å². The number of rotatable bonds is 6. The second-order valence-electron chi connectivity index (χ2n) is 6.31. The molecule has 0 aliphatic heterocycles. The fraction of sp³-hybridized carbons (Fsp3) is 0.647. The highest BCUT2D eigenvalue weighted by Crippen LogP contribution is 2.41. The standard InChI is InChI=1S/C17H25ClFN/c1-3-10-20-16(17(2)8-4-5-9-17)11-13-6-7-14(18)12-15(13)19/h6-7,12,16,20H,3-5,8-11H2,1-2H3. The molecule has 1 fully saturated rings. The summed E-state index contributed by atoms with van der Waals surface area (Å²) < 4.78 is 14.0. The van der Waals surface area contributed by atoms with E-state index >= 15 is 0 Å². The van der Waals surface area contributed by atoms with Crippen LogP contribution in [0.2, 0.25) is 5.02 Å². The van der Waals surface area contributed by atoms with Gasteiger partial charge >= 0.3 is 0 Å². The summed E-state index contributed by atoms with van der Waals surface area (Å²) in [4.78, 5) is 0. The summed E-state index contributed by atoms with van der Waals surface area (Å²) in [6.45, 7) is 5.51. The second kappa shape index (κ2) is 6.91. The van der Waals surface area contributed by atoms with Crippen molar-refractivity contribution in [3.8, 4) is 0 Å². The Balaban J connectivity index is 2.14. The van der Waals surface area contributed by atoms with Gasteiger partial charge in [0, 0.05) is 11.1 Å². The fourth-order valence-corrected chi connectivity index (χ4v) is 3.48. The molecule has 1 unspecified atom stereocenters. The molecule has 0 amide bonds. The zero-order valence-electron chi connectivity index (χ0n) is 12.5. The van der Waals surface area contributed by atoms with Gasteiger partial charge < -0.3 is 5.32 Å². The smallest absolute Gasteiger partial charge is 0.127 e. The topological polar surface area (TPSA) is 12.0 Å². The van der Waals surface area contributed by atoms with Crippen LogP contribution in [0, 0.1) is 11.2 Å². The first-order chi connectivity index (χ1) is 9.55. The largest absolute Gasteiger partial charge is 0.313 e. The van der Waals surface area contributed by atoms with Gasteiger partial charge in [0.15, 0.2) is 0 Å². The van der Waals surface area contributed by atoms with Crippen molar-refractivity contribution in [3.63, 3.8) is 0 Å². The maximum absolute atomic E-state index is 14.0. The minimum atomic E-state index is -0.178. The first-order valence-electron chi connectivity index (χ1n) is 7.72. The zero-order valence-corrected chi connectivity index (χ0v) is 13.3. The predicted molar refractivity (Wildman–Crippen MR) is 83.8 cm³/mol. The molecule has 2 rings (SSSR count). The van der Waals surface area contributed by atoms with Crippen molar-refractivity contribution in [1.29, 1.82) is 0 Å². The van der Waals surface area contributed by atoms with Gasteiger partial charge in [-0.15, -0.1) is 0 Å². The van der Waals surface area contributed by atoms with Crippen LogP contribution in [0.5, 0.6) is 0 Å². The van der Waals surface area contributed by atoms with Gasteiger partial charge in [-0.3, -0.25) is 0 Å². The predicted octanol–water partition coefficient (Wildman–Crippen LogP) is 4.97. The Labute approximate surface area is 126 Å². The second-order valence-corrected chi connectivity index (χ2v) is 6.74. The molecule has 1 aromatic rings. The van der Waals surface area contributed by atoms with Gasteiger partial charge in [0.2, 0.25) is 0 Å². The van der Waals surface area contributed by atoms with E-state index in [9.17, 15) is 4.39 Å². The molecule has 1 aromatic carbocycles. The average Bonchev–Trinajstić information content (AvgIpc) is 2.84. The lowest BCUT2D eigenvalue weighted by Crippen LogP contribution is -2.44. The van der Waals surface area contributed by atoms with Crippen LogP contribution in [0.4, 0.5) is 4.39 Å². The van der Waals surface area contributed by atoms with E-state index in [0.29, 0.717) is 16.5 Å². The molecule has 0 aromatic heterocycles. The van der Waals surface area contributed by atoms with E-state index in [-0.39, 0.29) is 5.82 Å². The van der Waals surface area contributed by atoms with E-state index < -0.39 is 0 Å². The summed E-state index contributed by atoms with van der Waals surface area (Å²) in [5.41, 5.74) is 1.07. The van der Waals surface area contributed by atoms with Crippen molar-refractivity contribution in [3.05, 3.63) is 34.6 Å². The first kappa shape index (κ1) is 15.8. The van der Waals surface area contributed by atoms with Gasteiger partial charge in [0.05, 0.1) is 0 Å². The normalized spacial score (nSPS) is 19.2. The first-order valence-corrected chi connectivity index (χ1v) is 8.10. The molecule has 1 atom stereocenters. The Morgan fingerprint density at radius 1 is 1.35 bits per heavy atom. The molecule has 3 heteroatoms. The highest BCUT2D eigenvalue weighted by atomic mass is 35.5. The third-order valence-electron chi connectivity index (χ3n) is 4.67. The highest BCUT2D eigenvalue weighted by Gasteiger charge is 2.36. The molecule has 0 saturated heterocycles. The quantitative estimate of drug-likeness (QED) is 0.781. The lowest BCUT2D eigenvalue weighted by Gasteiger charge is -2.35. The van der Waals surface area contributed by atoms with E-state index in [1.807, 2.05) is 6.07 Å². The number of nitrogens with one attached hydrogen (secondary N) is 1. The van der Waals surface area contributed by atoms with Crippen LogP contribution in [-0.4, -0.2) is 12.6 Å². The number of hydrogen-bond acceptors (Lipinski definition) is 1. The molecular weight excluding hydrogens is 273 g/mol. The maximum atomic E-state index is 14.0. The van der Waals surface area contributed by atoms with Crippen LogP contribution < -0.4 is 5.32 Å². The minimum Gasteiger partial charge on any atom is -0.313 e. The summed E-state index contributed by atoms with van der Waals surface area (Å²) in [5, 5.41) is 4.11. The zero-order chi connectivity index (χ0) is 14.6. The molecule has 0 radical (unpaired) electrons. The van der Waals surface area contributed by atoms with Crippen LogP contribution in [0.3, 0.4) is 0 Å². The van der Waals surface area contributed by atoms with Crippen LogP contribution in [0.15, 0.2) is 18.2 Å². The van der Waals surface area contributed by atoms with Crippen LogP contribution >= 0.6 is 11.6 Å². The van der Waals surface area contributed by atoms with Gasteiger partial charge in [-0.2, -0.15) is 0 Å². The van der Waals surface area contributed by atoms with Gasteiger partial charge in [-0.05, 0) is 55.3 Å². The SMILES string of the molecule is CCCNC(Cc1ccc(Cl)cc1F)C1(C)CCCC1. The van der Waals surface area contributed by atoms with Crippen LogP contribution in [0.1, 0.15) is 51.5 Å². The van der Waals surface area contributed by atoms with E-state index in [1.165, 1.54) is 31.7 Å². The summed E-state index contributed by atoms with van der Waals surface area (Å²) >= 11 is 5.84. The maximum Gasteiger partial charge on any atom is 0.127 e. The average molecular weight is 298 g/mol.